The topological polar surface area (TPSA) is 59.6 Å². The third-order valence-corrected chi connectivity index (χ3v) is 3.96. The Balaban J connectivity index is 2.22. The maximum atomic E-state index is 12.3. The largest absolute Gasteiger partial charge is 0.494 e. The van der Waals surface area contributed by atoms with Gasteiger partial charge in [0.05, 0.1) is 24.8 Å². The van der Waals surface area contributed by atoms with Crippen molar-refractivity contribution in [3.8, 4) is 5.75 Å². The SMILES string of the molecule is CCCCOc1ccc(C2NC(=S)NC(C)=C2C(=O)OCC)cc1. The molecule has 0 radical (unpaired) electrons. The van der Waals surface area contributed by atoms with Crippen molar-refractivity contribution in [3.05, 3.63) is 41.1 Å². The first-order chi connectivity index (χ1) is 11.6. The van der Waals surface area contributed by atoms with Gasteiger partial charge >= 0.3 is 5.97 Å². The fourth-order valence-corrected chi connectivity index (χ4v) is 2.79. The van der Waals surface area contributed by atoms with Crippen LogP contribution in [-0.4, -0.2) is 24.3 Å². The molecule has 1 aromatic carbocycles. The van der Waals surface area contributed by atoms with Gasteiger partial charge in [-0.05, 0) is 50.2 Å². The zero-order valence-electron chi connectivity index (χ0n) is 14.3. The summed E-state index contributed by atoms with van der Waals surface area (Å²) in [5.74, 6) is 0.480. The summed E-state index contributed by atoms with van der Waals surface area (Å²) in [6.45, 7) is 6.79. The highest BCUT2D eigenvalue weighted by Crippen LogP contribution is 2.28. The Morgan fingerprint density at radius 1 is 1.25 bits per heavy atom. The smallest absolute Gasteiger partial charge is 0.338 e. The Hall–Kier alpha value is -2.08. The predicted octanol–water partition coefficient (Wildman–Crippen LogP) is 3.22. The zero-order chi connectivity index (χ0) is 17.5. The molecule has 0 fully saturated rings. The highest BCUT2D eigenvalue weighted by molar-refractivity contribution is 7.80. The van der Waals surface area contributed by atoms with Crippen LogP contribution in [0.25, 0.3) is 0 Å². The van der Waals surface area contributed by atoms with E-state index in [9.17, 15) is 4.79 Å². The van der Waals surface area contributed by atoms with Gasteiger partial charge in [0.25, 0.3) is 0 Å². The Labute approximate surface area is 148 Å². The van der Waals surface area contributed by atoms with E-state index in [0.717, 1.165) is 24.2 Å². The van der Waals surface area contributed by atoms with Crippen LogP contribution in [0, 0.1) is 0 Å². The molecule has 0 saturated heterocycles. The third kappa shape index (κ3) is 4.47. The number of carbonyl (C=O) groups is 1. The molecule has 2 rings (SSSR count). The van der Waals surface area contributed by atoms with E-state index in [1.165, 1.54) is 0 Å². The van der Waals surface area contributed by atoms with Crippen LogP contribution in [0.1, 0.15) is 45.2 Å². The summed E-state index contributed by atoms with van der Waals surface area (Å²) >= 11 is 5.23. The van der Waals surface area contributed by atoms with Crippen LogP contribution in [0.3, 0.4) is 0 Å². The number of thiocarbonyl (C=S) groups is 1. The van der Waals surface area contributed by atoms with Gasteiger partial charge in [-0.25, -0.2) is 4.79 Å². The molecule has 1 heterocycles. The molecule has 1 aromatic rings. The van der Waals surface area contributed by atoms with E-state index in [4.69, 9.17) is 21.7 Å². The Bertz CT molecular complexity index is 626. The van der Waals surface area contributed by atoms with Crippen LogP contribution in [-0.2, 0) is 9.53 Å². The number of nitrogens with one attached hydrogen (secondary N) is 2. The molecule has 0 bridgehead atoms. The second-order valence-electron chi connectivity index (χ2n) is 5.56. The summed E-state index contributed by atoms with van der Waals surface area (Å²) in [7, 11) is 0. The molecule has 130 valence electrons. The van der Waals surface area contributed by atoms with E-state index in [2.05, 4.69) is 17.6 Å². The molecule has 0 amide bonds. The molecule has 0 saturated carbocycles. The Kier molecular flexibility index (Phi) is 6.61. The van der Waals surface area contributed by atoms with E-state index in [1.807, 2.05) is 31.2 Å². The van der Waals surface area contributed by atoms with Crippen molar-refractivity contribution < 1.29 is 14.3 Å². The van der Waals surface area contributed by atoms with Crippen LogP contribution in [0.15, 0.2) is 35.5 Å². The van der Waals surface area contributed by atoms with Crippen LogP contribution in [0.2, 0.25) is 0 Å². The Morgan fingerprint density at radius 2 is 1.96 bits per heavy atom. The molecule has 1 aliphatic heterocycles. The number of ether oxygens (including phenoxy) is 2. The summed E-state index contributed by atoms with van der Waals surface area (Å²) in [6.07, 6.45) is 2.13. The molecule has 2 N–H and O–H groups in total. The van der Waals surface area contributed by atoms with Crippen molar-refractivity contribution in [2.75, 3.05) is 13.2 Å². The van der Waals surface area contributed by atoms with E-state index >= 15 is 0 Å². The number of esters is 1. The minimum absolute atomic E-state index is 0.330. The lowest BCUT2D eigenvalue weighted by atomic mass is 9.95. The number of carbonyl (C=O) groups excluding carboxylic acids is 1. The second kappa shape index (κ2) is 8.68. The van der Waals surface area contributed by atoms with Crippen molar-refractivity contribution in [2.45, 2.75) is 39.7 Å². The molecule has 1 unspecified atom stereocenters. The summed E-state index contributed by atoms with van der Waals surface area (Å²) < 4.78 is 10.9. The Morgan fingerprint density at radius 3 is 2.58 bits per heavy atom. The molecule has 24 heavy (non-hydrogen) atoms. The first kappa shape index (κ1) is 18.3. The molecule has 5 nitrogen and oxygen atoms in total. The fourth-order valence-electron chi connectivity index (χ4n) is 2.51. The van der Waals surface area contributed by atoms with E-state index in [1.54, 1.807) is 6.92 Å². The van der Waals surface area contributed by atoms with Gasteiger partial charge in [-0.15, -0.1) is 0 Å². The lowest BCUT2D eigenvalue weighted by Gasteiger charge is -2.29. The quantitative estimate of drug-likeness (QED) is 0.448. The van der Waals surface area contributed by atoms with Crippen molar-refractivity contribution in [1.82, 2.24) is 10.6 Å². The average Bonchev–Trinajstić information content (AvgIpc) is 2.55. The summed E-state index contributed by atoms with van der Waals surface area (Å²) in [5, 5.41) is 6.63. The molecule has 0 aliphatic carbocycles. The summed E-state index contributed by atoms with van der Waals surface area (Å²) in [5.41, 5.74) is 2.19. The van der Waals surface area contributed by atoms with Gasteiger partial charge < -0.3 is 20.1 Å². The standard InChI is InChI=1S/C18H24N2O3S/c1-4-6-11-23-14-9-7-13(8-10-14)16-15(17(21)22-5-2)12(3)19-18(24)20-16/h7-10,16H,4-6,11H2,1-3H3,(H2,19,20,24). The van der Waals surface area contributed by atoms with Crippen molar-refractivity contribution in [1.29, 1.82) is 0 Å². The zero-order valence-corrected chi connectivity index (χ0v) is 15.2. The maximum absolute atomic E-state index is 12.3. The minimum atomic E-state index is -0.342. The average molecular weight is 348 g/mol. The molecule has 1 atom stereocenters. The van der Waals surface area contributed by atoms with Gasteiger partial charge in [-0.1, -0.05) is 25.5 Å². The molecular weight excluding hydrogens is 324 g/mol. The van der Waals surface area contributed by atoms with E-state index in [-0.39, 0.29) is 12.0 Å². The fraction of sp³-hybridized carbons (Fsp3) is 0.444. The first-order valence-electron chi connectivity index (χ1n) is 8.25. The van der Waals surface area contributed by atoms with E-state index in [0.29, 0.717) is 29.6 Å². The lowest BCUT2D eigenvalue weighted by molar-refractivity contribution is -0.139. The molecule has 0 spiro atoms. The van der Waals surface area contributed by atoms with Crippen LogP contribution < -0.4 is 15.4 Å². The number of hydrogen-bond donors (Lipinski definition) is 2. The highest BCUT2D eigenvalue weighted by atomic mass is 32.1. The number of benzene rings is 1. The van der Waals surface area contributed by atoms with Crippen molar-refractivity contribution in [2.24, 2.45) is 0 Å². The van der Waals surface area contributed by atoms with Crippen molar-refractivity contribution >= 4 is 23.3 Å². The van der Waals surface area contributed by atoms with Gasteiger partial charge in [-0.2, -0.15) is 0 Å². The highest BCUT2D eigenvalue weighted by Gasteiger charge is 2.30. The maximum Gasteiger partial charge on any atom is 0.338 e. The monoisotopic (exact) mass is 348 g/mol. The van der Waals surface area contributed by atoms with E-state index < -0.39 is 0 Å². The van der Waals surface area contributed by atoms with Gasteiger partial charge in [0.1, 0.15) is 5.75 Å². The summed E-state index contributed by atoms with van der Waals surface area (Å²) in [6, 6.07) is 7.38. The number of hydrogen-bond acceptors (Lipinski definition) is 4. The van der Waals surface area contributed by atoms with Gasteiger partial charge in [-0.3, -0.25) is 0 Å². The molecule has 1 aliphatic rings. The molecular formula is C18H24N2O3S. The first-order valence-corrected chi connectivity index (χ1v) is 8.65. The van der Waals surface area contributed by atoms with Crippen molar-refractivity contribution in [3.63, 3.8) is 0 Å². The van der Waals surface area contributed by atoms with Gasteiger partial charge in [0.15, 0.2) is 5.11 Å². The van der Waals surface area contributed by atoms with Crippen LogP contribution >= 0.6 is 12.2 Å². The normalized spacial score (nSPS) is 17.1. The molecule has 6 heteroatoms. The molecule has 0 aromatic heterocycles. The summed E-state index contributed by atoms with van der Waals surface area (Å²) in [4.78, 5) is 12.3. The van der Waals surface area contributed by atoms with Crippen LogP contribution in [0.4, 0.5) is 0 Å². The number of allylic oxidation sites excluding steroid dienone is 1. The van der Waals surface area contributed by atoms with Gasteiger partial charge in [0.2, 0.25) is 0 Å². The van der Waals surface area contributed by atoms with Crippen LogP contribution in [0.5, 0.6) is 5.75 Å². The predicted molar refractivity (Wildman–Crippen MR) is 97.8 cm³/mol. The number of unbranched alkanes of at least 4 members (excludes halogenated alkanes) is 1. The lowest BCUT2D eigenvalue weighted by Crippen LogP contribution is -2.45. The second-order valence-corrected chi connectivity index (χ2v) is 5.97. The number of rotatable bonds is 7. The third-order valence-electron chi connectivity index (χ3n) is 3.74. The minimum Gasteiger partial charge on any atom is -0.494 e. The van der Waals surface area contributed by atoms with Gasteiger partial charge in [0, 0.05) is 5.70 Å².